The van der Waals surface area contributed by atoms with E-state index in [4.69, 9.17) is 4.74 Å². The van der Waals surface area contributed by atoms with Crippen LogP contribution in [-0.4, -0.2) is 52.7 Å². The van der Waals surface area contributed by atoms with Crippen LogP contribution in [0.25, 0.3) is 0 Å². The van der Waals surface area contributed by atoms with E-state index in [2.05, 4.69) is 10.3 Å². The van der Waals surface area contributed by atoms with Gasteiger partial charge in [0.25, 0.3) is 0 Å². The van der Waals surface area contributed by atoms with Crippen LogP contribution in [0.3, 0.4) is 0 Å². The first-order valence-corrected chi connectivity index (χ1v) is 7.73. The normalized spacial score (nSPS) is 18.1. The maximum Gasteiger partial charge on any atom is 0.410 e. The van der Waals surface area contributed by atoms with Gasteiger partial charge in [-0.05, 0) is 32.6 Å². The molecule has 1 fully saturated rings. The SMILES string of the molecule is COC(=O)N1CCCCC1C(=O)NCCCn1ccnc1C. The number of nitrogens with zero attached hydrogens (tertiary/aromatic N) is 3. The van der Waals surface area contributed by atoms with E-state index >= 15 is 0 Å². The fraction of sp³-hybridized carbons (Fsp3) is 0.667. The summed E-state index contributed by atoms with van der Waals surface area (Å²) >= 11 is 0. The molecule has 1 atom stereocenters. The number of aromatic nitrogens is 2. The Labute approximate surface area is 130 Å². The van der Waals surface area contributed by atoms with Gasteiger partial charge in [-0.3, -0.25) is 9.69 Å². The second-order valence-corrected chi connectivity index (χ2v) is 5.49. The number of imidazole rings is 1. The number of ether oxygens (including phenoxy) is 1. The minimum absolute atomic E-state index is 0.0903. The van der Waals surface area contributed by atoms with E-state index in [0.717, 1.165) is 31.6 Å². The average Bonchev–Trinajstić information content (AvgIpc) is 2.95. The second kappa shape index (κ2) is 7.82. The van der Waals surface area contributed by atoms with Crippen LogP contribution in [0.1, 0.15) is 31.5 Å². The first kappa shape index (κ1) is 16.3. The van der Waals surface area contributed by atoms with Crippen LogP contribution in [0.4, 0.5) is 4.79 Å². The van der Waals surface area contributed by atoms with Crippen LogP contribution in [-0.2, 0) is 16.1 Å². The maximum absolute atomic E-state index is 12.3. The smallest absolute Gasteiger partial charge is 0.410 e. The molecule has 0 aromatic carbocycles. The van der Waals surface area contributed by atoms with Gasteiger partial charge in [0, 0.05) is 32.0 Å². The van der Waals surface area contributed by atoms with E-state index < -0.39 is 12.1 Å². The van der Waals surface area contributed by atoms with Crippen molar-refractivity contribution in [1.29, 1.82) is 0 Å². The van der Waals surface area contributed by atoms with Gasteiger partial charge in [0.2, 0.25) is 5.91 Å². The number of hydrogen-bond donors (Lipinski definition) is 1. The quantitative estimate of drug-likeness (QED) is 0.832. The molecule has 0 saturated carbocycles. The molecular weight excluding hydrogens is 284 g/mol. The van der Waals surface area contributed by atoms with Crippen molar-refractivity contribution in [3.63, 3.8) is 0 Å². The zero-order valence-corrected chi connectivity index (χ0v) is 13.2. The lowest BCUT2D eigenvalue weighted by atomic mass is 10.0. The molecule has 0 radical (unpaired) electrons. The van der Waals surface area contributed by atoms with E-state index in [-0.39, 0.29) is 5.91 Å². The van der Waals surface area contributed by atoms with E-state index in [1.165, 1.54) is 12.0 Å². The molecule has 122 valence electrons. The number of rotatable bonds is 5. The van der Waals surface area contributed by atoms with Crippen LogP contribution in [0.15, 0.2) is 12.4 Å². The molecule has 1 aliphatic heterocycles. The average molecular weight is 308 g/mol. The number of hydrogen-bond acceptors (Lipinski definition) is 4. The highest BCUT2D eigenvalue weighted by Crippen LogP contribution is 2.18. The van der Waals surface area contributed by atoms with Crippen LogP contribution < -0.4 is 5.32 Å². The Morgan fingerprint density at radius 3 is 2.95 bits per heavy atom. The topological polar surface area (TPSA) is 76.5 Å². The van der Waals surface area contributed by atoms with E-state index in [1.54, 1.807) is 6.20 Å². The molecule has 0 bridgehead atoms. The number of carbonyl (C=O) groups is 2. The zero-order chi connectivity index (χ0) is 15.9. The van der Waals surface area contributed by atoms with Gasteiger partial charge in [-0.25, -0.2) is 9.78 Å². The van der Waals surface area contributed by atoms with Gasteiger partial charge in [0.1, 0.15) is 11.9 Å². The van der Waals surface area contributed by atoms with E-state index in [0.29, 0.717) is 19.5 Å². The monoisotopic (exact) mass is 308 g/mol. The van der Waals surface area contributed by atoms with Gasteiger partial charge in [-0.2, -0.15) is 0 Å². The van der Waals surface area contributed by atoms with Crippen molar-refractivity contribution in [2.75, 3.05) is 20.2 Å². The van der Waals surface area contributed by atoms with Crippen LogP contribution >= 0.6 is 0 Å². The summed E-state index contributed by atoms with van der Waals surface area (Å²) in [6.07, 6.45) is 6.67. The molecule has 0 aliphatic carbocycles. The number of piperidine rings is 1. The third-order valence-corrected chi connectivity index (χ3v) is 4.01. The number of methoxy groups -OCH3 is 1. The summed E-state index contributed by atoms with van der Waals surface area (Å²) in [6.45, 7) is 3.94. The molecular formula is C15H24N4O3. The molecule has 0 spiro atoms. The lowest BCUT2D eigenvalue weighted by Gasteiger charge is -2.33. The summed E-state index contributed by atoms with van der Waals surface area (Å²) in [5.74, 6) is 0.878. The van der Waals surface area contributed by atoms with E-state index in [9.17, 15) is 9.59 Å². The first-order valence-electron chi connectivity index (χ1n) is 7.73. The molecule has 1 N–H and O–H groups in total. The summed E-state index contributed by atoms with van der Waals surface area (Å²) < 4.78 is 6.80. The predicted molar refractivity (Wildman–Crippen MR) is 81.3 cm³/mol. The van der Waals surface area contributed by atoms with Crippen LogP contribution in [0, 0.1) is 6.92 Å². The van der Waals surface area contributed by atoms with E-state index in [1.807, 2.05) is 17.7 Å². The molecule has 1 unspecified atom stereocenters. The summed E-state index contributed by atoms with van der Waals surface area (Å²) in [5.41, 5.74) is 0. The summed E-state index contributed by atoms with van der Waals surface area (Å²) in [4.78, 5) is 29.7. The Morgan fingerprint density at radius 1 is 1.45 bits per heavy atom. The molecule has 1 aromatic heterocycles. The van der Waals surface area contributed by atoms with Crippen molar-refractivity contribution >= 4 is 12.0 Å². The Balaban J connectivity index is 1.78. The lowest BCUT2D eigenvalue weighted by Crippen LogP contribution is -2.52. The van der Waals surface area contributed by atoms with Crippen LogP contribution in [0.2, 0.25) is 0 Å². The predicted octanol–water partition coefficient (Wildman–Crippen LogP) is 1.32. The molecule has 1 aliphatic rings. The molecule has 2 rings (SSSR count). The van der Waals surface area contributed by atoms with Crippen molar-refractivity contribution in [3.05, 3.63) is 18.2 Å². The third-order valence-electron chi connectivity index (χ3n) is 4.01. The Bertz CT molecular complexity index is 515. The van der Waals surface area contributed by atoms with Gasteiger partial charge in [0.15, 0.2) is 0 Å². The Morgan fingerprint density at radius 2 is 2.27 bits per heavy atom. The Kier molecular flexibility index (Phi) is 5.80. The summed E-state index contributed by atoms with van der Waals surface area (Å²) in [5, 5.41) is 2.92. The first-order chi connectivity index (χ1) is 10.6. The lowest BCUT2D eigenvalue weighted by molar-refractivity contribution is -0.127. The van der Waals surface area contributed by atoms with Crippen molar-refractivity contribution < 1.29 is 14.3 Å². The number of nitrogens with one attached hydrogen (secondary N) is 1. The molecule has 7 nitrogen and oxygen atoms in total. The maximum atomic E-state index is 12.3. The van der Waals surface area contributed by atoms with Gasteiger partial charge in [-0.1, -0.05) is 0 Å². The number of amides is 2. The highest BCUT2D eigenvalue weighted by atomic mass is 16.5. The second-order valence-electron chi connectivity index (χ2n) is 5.49. The summed E-state index contributed by atoms with van der Waals surface area (Å²) in [6, 6.07) is -0.406. The van der Waals surface area contributed by atoms with Gasteiger partial charge in [-0.15, -0.1) is 0 Å². The summed E-state index contributed by atoms with van der Waals surface area (Å²) in [7, 11) is 1.35. The molecule has 2 heterocycles. The fourth-order valence-electron chi connectivity index (χ4n) is 2.76. The van der Waals surface area contributed by atoms with Crippen molar-refractivity contribution in [2.45, 2.75) is 45.2 Å². The van der Waals surface area contributed by atoms with Gasteiger partial charge in [0.05, 0.1) is 7.11 Å². The van der Waals surface area contributed by atoms with Crippen molar-refractivity contribution in [2.24, 2.45) is 0 Å². The highest BCUT2D eigenvalue weighted by molar-refractivity contribution is 5.85. The number of carbonyl (C=O) groups excluding carboxylic acids is 2. The standard InChI is InChI=1S/C15H24N4O3/c1-12-16-8-11-18(12)9-5-7-17-14(20)13-6-3-4-10-19(13)15(21)22-2/h8,11,13H,3-7,9-10H2,1-2H3,(H,17,20). The molecule has 7 heteroatoms. The fourth-order valence-corrected chi connectivity index (χ4v) is 2.76. The largest absolute Gasteiger partial charge is 0.453 e. The Hall–Kier alpha value is -2.05. The van der Waals surface area contributed by atoms with Crippen molar-refractivity contribution in [1.82, 2.24) is 19.8 Å². The minimum atomic E-state index is -0.422. The van der Waals surface area contributed by atoms with Crippen LogP contribution in [0.5, 0.6) is 0 Å². The highest BCUT2D eigenvalue weighted by Gasteiger charge is 2.32. The zero-order valence-electron chi connectivity index (χ0n) is 13.2. The third kappa shape index (κ3) is 3.99. The van der Waals surface area contributed by atoms with Crippen molar-refractivity contribution in [3.8, 4) is 0 Å². The molecule has 1 saturated heterocycles. The van der Waals surface area contributed by atoms with Gasteiger partial charge < -0.3 is 14.6 Å². The number of aryl methyl sites for hydroxylation is 2. The number of likely N-dealkylation sites (tertiary alicyclic amines) is 1. The minimum Gasteiger partial charge on any atom is -0.453 e. The molecule has 2 amide bonds. The molecule has 22 heavy (non-hydrogen) atoms. The van der Waals surface area contributed by atoms with Gasteiger partial charge >= 0.3 is 6.09 Å². The molecule has 1 aromatic rings.